The number of rotatable bonds is 1. The van der Waals surface area contributed by atoms with Gasteiger partial charge in [0.25, 0.3) is 5.56 Å². The van der Waals surface area contributed by atoms with Crippen LogP contribution in [0.25, 0.3) is 16.7 Å². The third-order valence-corrected chi connectivity index (χ3v) is 3.39. The summed E-state index contributed by atoms with van der Waals surface area (Å²) < 4.78 is 44.5. The van der Waals surface area contributed by atoms with Crippen LogP contribution in [0.15, 0.2) is 44.5 Å². The average Bonchev–Trinajstić information content (AvgIpc) is 2.85. The Morgan fingerprint density at radius 2 is 1.87 bits per heavy atom. The van der Waals surface area contributed by atoms with E-state index in [9.17, 15) is 27.9 Å². The van der Waals surface area contributed by atoms with Crippen molar-refractivity contribution in [1.29, 1.82) is 0 Å². The highest BCUT2D eigenvalue weighted by atomic mass is 19.4. The maximum atomic E-state index is 12.8. The van der Waals surface area contributed by atoms with Crippen molar-refractivity contribution in [3.05, 3.63) is 57.1 Å². The van der Waals surface area contributed by atoms with Gasteiger partial charge in [-0.15, -0.1) is 0 Å². The highest BCUT2D eigenvalue weighted by Gasteiger charge is 2.35. The fourth-order valence-electron chi connectivity index (χ4n) is 2.30. The molecule has 0 fully saturated rings. The molecule has 1 N–H and O–H groups in total. The predicted molar refractivity (Wildman–Crippen MR) is 73.7 cm³/mol. The molecule has 0 saturated carbocycles. The van der Waals surface area contributed by atoms with Crippen molar-refractivity contribution in [2.75, 3.05) is 0 Å². The van der Waals surface area contributed by atoms with Crippen LogP contribution in [0.3, 0.4) is 0 Å². The lowest BCUT2D eigenvalue weighted by Gasteiger charge is -2.13. The first-order valence-electron chi connectivity index (χ1n) is 6.31. The second-order valence-electron chi connectivity index (χ2n) is 4.84. The molecule has 0 unspecified atom stereocenters. The minimum absolute atomic E-state index is 0.0461. The summed E-state index contributed by atoms with van der Waals surface area (Å²) in [6, 6.07) is 4.33. The molecule has 0 amide bonds. The van der Waals surface area contributed by atoms with Gasteiger partial charge in [0.2, 0.25) is 0 Å². The van der Waals surface area contributed by atoms with Gasteiger partial charge in [-0.3, -0.25) is 9.36 Å². The van der Waals surface area contributed by atoms with Gasteiger partial charge in [0.15, 0.2) is 0 Å². The van der Waals surface area contributed by atoms with Gasteiger partial charge in [-0.25, -0.2) is 9.36 Å². The molecule has 2 heterocycles. The molecule has 0 atom stereocenters. The second kappa shape index (κ2) is 4.77. The van der Waals surface area contributed by atoms with Gasteiger partial charge >= 0.3 is 11.9 Å². The number of aromatic hydroxyl groups is 1. The van der Waals surface area contributed by atoms with E-state index in [1.165, 1.54) is 18.2 Å². The van der Waals surface area contributed by atoms with E-state index in [1.54, 1.807) is 0 Å². The molecule has 0 aliphatic carbocycles. The van der Waals surface area contributed by atoms with Crippen LogP contribution in [0.2, 0.25) is 0 Å². The molecule has 0 aliphatic heterocycles. The molecule has 3 aromatic rings. The smallest absolute Gasteiger partial charge is 0.431 e. The van der Waals surface area contributed by atoms with Gasteiger partial charge < -0.3 is 9.52 Å². The van der Waals surface area contributed by atoms with Crippen molar-refractivity contribution < 1.29 is 22.7 Å². The first-order valence-corrected chi connectivity index (χ1v) is 6.31. The highest BCUT2D eigenvalue weighted by Crippen LogP contribution is 2.28. The summed E-state index contributed by atoms with van der Waals surface area (Å²) in [7, 11) is 0.918. The third kappa shape index (κ3) is 2.30. The summed E-state index contributed by atoms with van der Waals surface area (Å²) >= 11 is 0. The standard InChI is InChI=1S/C14H9F3N2O4/c1-18-11(14(15,16)17)5-12(21)19(13(18)22)9-6-23-10-3-2-7(20)4-8(9)10/h2-6,20H,1H3. The fraction of sp³-hybridized carbons (Fsp3) is 0.143. The van der Waals surface area contributed by atoms with Gasteiger partial charge in [0.05, 0.1) is 0 Å². The monoisotopic (exact) mass is 326 g/mol. The SMILES string of the molecule is Cn1c(C(F)(F)F)cc(=O)n(-c2coc3ccc(O)cc23)c1=O. The summed E-state index contributed by atoms with van der Waals surface area (Å²) in [6.07, 6.45) is -3.76. The quantitative estimate of drug-likeness (QED) is 0.742. The van der Waals surface area contributed by atoms with Gasteiger partial charge in [-0.1, -0.05) is 0 Å². The zero-order chi connectivity index (χ0) is 16.9. The Hall–Kier alpha value is -2.97. The van der Waals surface area contributed by atoms with Crippen molar-refractivity contribution >= 4 is 11.0 Å². The van der Waals surface area contributed by atoms with Crippen LogP contribution in [0, 0.1) is 0 Å². The molecular formula is C14H9F3N2O4. The summed E-state index contributed by atoms with van der Waals surface area (Å²) in [5, 5.41) is 9.73. The number of nitrogens with zero attached hydrogens (tertiary/aromatic N) is 2. The molecule has 0 spiro atoms. The number of furan rings is 1. The average molecular weight is 326 g/mol. The maximum absolute atomic E-state index is 12.8. The minimum Gasteiger partial charge on any atom is -0.508 e. The zero-order valence-electron chi connectivity index (χ0n) is 11.6. The van der Waals surface area contributed by atoms with Crippen LogP contribution in [0.5, 0.6) is 5.75 Å². The summed E-state index contributed by atoms with van der Waals surface area (Å²) in [5.74, 6) is -0.142. The van der Waals surface area contributed by atoms with E-state index in [4.69, 9.17) is 4.42 Å². The molecule has 23 heavy (non-hydrogen) atoms. The van der Waals surface area contributed by atoms with Crippen LogP contribution in [0.1, 0.15) is 5.69 Å². The van der Waals surface area contributed by atoms with E-state index in [0.717, 1.165) is 13.3 Å². The van der Waals surface area contributed by atoms with Gasteiger partial charge in [-0.05, 0) is 18.2 Å². The van der Waals surface area contributed by atoms with Crippen LogP contribution in [-0.2, 0) is 13.2 Å². The number of phenolic OH excluding ortho intramolecular Hbond substituents is 1. The number of hydrogen-bond donors (Lipinski definition) is 1. The van der Waals surface area contributed by atoms with E-state index in [1.807, 2.05) is 0 Å². The fourth-order valence-corrected chi connectivity index (χ4v) is 2.30. The molecule has 120 valence electrons. The molecule has 1 aromatic carbocycles. The topological polar surface area (TPSA) is 77.4 Å². The van der Waals surface area contributed by atoms with Gasteiger partial charge in [0, 0.05) is 18.5 Å². The van der Waals surface area contributed by atoms with Crippen molar-refractivity contribution in [2.45, 2.75) is 6.18 Å². The van der Waals surface area contributed by atoms with Gasteiger partial charge in [0.1, 0.15) is 29.0 Å². The molecule has 6 nitrogen and oxygen atoms in total. The molecule has 0 bridgehead atoms. The molecule has 0 aliphatic rings. The lowest BCUT2D eigenvalue weighted by atomic mass is 10.2. The summed E-state index contributed by atoms with van der Waals surface area (Å²) in [4.78, 5) is 24.2. The number of halogens is 3. The van der Waals surface area contributed by atoms with E-state index < -0.39 is 23.1 Å². The first kappa shape index (κ1) is 14.9. The predicted octanol–water partition coefficient (Wildman–Crippen LogP) is 2.01. The molecule has 9 heteroatoms. The zero-order valence-corrected chi connectivity index (χ0v) is 11.6. The minimum atomic E-state index is -4.83. The largest absolute Gasteiger partial charge is 0.508 e. The van der Waals surface area contributed by atoms with Crippen LogP contribution < -0.4 is 11.2 Å². The number of aromatic nitrogens is 2. The third-order valence-electron chi connectivity index (χ3n) is 3.39. The van der Waals surface area contributed by atoms with Gasteiger partial charge in [-0.2, -0.15) is 13.2 Å². The Morgan fingerprint density at radius 1 is 1.17 bits per heavy atom. The maximum Gasteiger partial charge on any atom is 0.431 e. The van der Waals surface area contributed by atoms with Crippen LogP contribution in [0.4, 0.5) is 13.2 Å². The van der Waals surface area contributed by atoms with Crippen molar-refractivity contribution in [2.24, 2.45) is 7.05 Å². The Morgan fingerprint density at radius 3 is 2.52 bits per heavy atom. The molecule has 3 rings (SSSR count). The first-order chi connectivity index (χ1) is 10.7. The highest BCUT2D eigenvalue weighted by molar-refractivity contribution is 5.87. The lowest BCUT2D eigenvalue weighted by Crippen LogP contribution is -2.40. The summed E-state index contributed by atoms with van der Waals surface area (Å²) in [5.41, 5.74) is -3.44. The van der Waals surface area contributed by atoms with E-state index >= 15 is 0 Å². The number of alkyl halides is 3. The van der Waals surface area contributed by atoms with E-state index in [2.05, 4.69) is 0 Å². The number of fused-ring (bicyclic) bond motifs is 1. The Labute approximate surface area is 125 Å². The molecule has 0 radical (unpaired) electrons. The Kier molecular flexibility index (Phi) is 3.10. The second-order valence-corrected chi connectivity index (χ2v) is 4.84. The number of benzene rings is 1. The number of phenols is 1. The lowest BCUT2D eigenvalue weighted by molar-refractivity contribution is -0.144. The van der Waals surface area contributed by atoms with Crippen LogP contribution in [-0.4, -0.2) is 14.2 Å². The molecule has 0 saturated heterocycles. The molecular weight excluding hydrogens is 317 g/mol. The Balaban J connectivity index is 2.37. The molecule has 2 aromatic heterocycles. The van der Waals surface area contributed by atoms with Crippen LogP contribution >= 0.6 is 0 Å². The van der Waals surface area contributed by atoms with E-state index in [-0.39, 0.29) is 22.4 Å². The van der Waals surface area contributed by atoms with Crippen molar-refractivity contribution in [1.82, 2.24) is 9.13 Å². The van der Waals surface area contributed by atoms with E-state index in [0.29, 0.717) is 15.2 Å². The summed E-state index contributed by atoms with van der Waals surface area (Å²) in [6.45, 7) is 0. The number of hydrogen-bond acceptors (Lipinski definition) is 4. The Bertz CT molecular complexity index is 1030. The van der Waals surface area contributed by atoms with Crippen molar-refractivity contribution in [3.8, 4) is 11.4 Å². The van der Waals surface area contributed by atoms with Crippen molar-refractivity contribution in [3.63, 3.8) is 0 Å². The normalized spacial score (nSPS) is 12.0.